The molecule has 2 N–H and O–H groups in total. The van der Waals surface area contributed by atoms with Gasteiger partial charge in [-0.3, -0.25) is 4.79 Å². The van der Waals surface area contributed by atoms with E-state index in [1.165, 1.54) is 11.3 Å². The van der Waals surface area contributed by atoms with Crippen LogP contribution in [-0.4, -0.2) is 63.2 Å². The molecule has 0 saturated carbocycles. The Morgan fingerprint density at radius 3 is 2.81 bits per heavy atom. The van der Waals surface area contributed by atoms with Crippen molar-refractivity contribution in [3.05, 3.63) is 22.4 Å². The van der Waals surface area contributed by atoms with Crippen LogP contribution in [0.4, 0.5) is 0 Å². The highest BCUT2D eigenvalue weighted by atomic mass is 32.1. The van der Waals surface area contributed by atoms with E-state index in [1.807, 2.05) is 0 Å². The number of likely N-dealkylation sites (N-methyl/N-ethyl adjacent to an activating group) is 1. The molecule has 7 heteroatoms. The van der Waals surface area contributed by atoms with Crippen LogP contribution in [-0.2, 0) is 14.9 Å². The maximum Gasteiger partial charge on any atom is 0.243 e. The molecular weight excluding hydrogens is 348 g/mol. The largest absolute Gasteiger partial charge is 0.376 e. The van der Waals surface area contributed by atoms with Crippen molar-refractivity contribution in [2.24, 2.45) is 4.99 Å². The highest BCUT2D eigenvalue weighted by Gasteiger charge is 2.22. The van der Waals surface area contributed by atoms with Gasteiger partial charge in [-0.1, -0.05) is 19.9 Å². The number of carbonyl (C=O) groups is 1. The van der Waals surface area contributed by atoms with Crippen LogP contribution in [0.3, 0.4) is 0 Å². The molecule has 1 aliphatic heterocycles. The van der Waals surface area contributed by atoms with Crippen LogP contribution in [0.25, 0.3) is 0 Å². The minimum Gasteiger partial charge on any atom is -0.376 e. The van der Waals surface area contributed by atoms with Gasteiger partial charge in [0.1, 0.15) is 6.54 Å². The number of nitrogens with zero attached hydrogens (tertiary/aromatic N) is 2. The van der Waals surface area contributed by atoms with Crippen LogP contribution in [0.2, 0.25) is 0 Å². The van der Waals surface area contributed by atoms with E-state index in [2.05, 4.69) is 47.0 Å². The molecular formula is C19H32N4O2S. The normalized spacial score (nSPS) is 18.5. The zero-order chi connectivity index (χ0) is 19.0. The summed E-state index contributed by atoms with van der Waals surface area (Å²) < 4.78 is 5.78. The number of amides is 1. The lowest BCUT2D eigenvalue weighted by atomic mass is 9.91. The summed E-state index contributed by atoms with van der Waals surface area (Å²) in [5.41, 5.74) is -0.0104. The lowest BCUT2D eigenvalue weighted by molar-refractivity contribution is -0.127. The minimum atomic E-state index is -0.0162. The summed E-state index contributed by atoms with van der Waals surface area (Å²) in [5.74, 6) is 0.650. The van der Waals surface area contributed by atoms with Crippen LogP contribution in [0, 0.1) is 0 Å². The quantitative estimate of drug-likeness (QED) is 0.562. The molecule has 2 heterocycles. The van der Waals surface area contributed by atoms with E-state index in [-0.39, 0.29) is 24.0 Å². The van der Waals surface area contributed by atoms with Crippen molar-refractivity contribution in [1.82, 2.24) is 15.5 Å². The molecule has 26 heavy (non-hydrogen) atoms. The molecule has 1 aliphatic rings. The predicted octanol–water partition coefficient (Wildman–Crippen LogP) is 2.22. The molecule has 0 aromatic carbocycles. The summed E-state index contributed by atoms with van der Waals surface area (Å²) in [5, 5.41) is 8.85. The van der Waals surface area contributed by atoms with E-state index in [4.69, 9.17) is 4.74 Å². The summed E-state index contributed by atoms with van der Waals surface area (Å²) in [6, 6.07) is 4.23. The number of aliphatic imine (C=N–C) groups is 1. The van der Waals surface area contributed by atoms with E-state index in [0.29, 0.717) is 12.5 Å². The second-order valence-corrected chi connectivity index (χ2v) is 8.48. The fourth-order valence-electron chi connectivity index (χ4n) is 2.70. The van der Waals surface area contributed by atoms with Crippen molar-refractivity contribution >= 4 is 23.2 Å². The second-order valence-electron chi connectivity index (χ2n) is 7.54. The topological polar surface area (TPSA) is 66.0 Å². The fraction of sp³-hybridized carbons (Fsp3) is 0.684. The van der Waals surface area contributed by atoms with Crippen molar-refractivity contribution in [3.63, 3.8) is 0 Å². The average Bonchev–Trinajstić information content (AvgIpc) is 3.17. The van der Waals surface area contributed by atoms with Gasteiger partial charge in [0.05, 0.1) is 6.10 Å². The maximum atomic E-state index is 11.9. The van der Waals surface area contributed by atoms with Crippen LogP contribution < -0.4 is 10.6 Å². The third-order valence-corrected chi connectivity index (χ3v) is 5.76. The van der Waals surface area contributed by atoms with Gasteiger partial charge in [-0.05, 0) is 30.7 Å². The second kappa shape index (κ2) is 9.92. The van der Waals surface area contributed by atoms with Crippen molar-refractivity contribution in [2.45, 2.75) is 44.6 Å². The molecule has 1 aromatic heterocycles. The van der Waals surface area contributed by atoms with Gasteiger partial charge in [0.25, 0.3) is 0 Å². The van der Waals surface area contributed by atoms with Gasteiger partial charge in [-0.25, -0.2) is 4.99 Å². The minimum absolute atomic E-state index is 0.0104. The average molecular weight is 381 g/mol. The van der Waals surface area contributed by atoms with E-state index in [0.717, 1.165) is 26.0 Å². The molecule has 0 aliphatic carbocycles. The van der Waals surface area contributed by atoms with Gasteiger partial charge >= 0.3 is 0 Å². The van der Waals surface area contributed by atoms with Crippen LogP contribution in [0.5, 0.6) is 0 Å². The summed E-state index contributed by atoms with van der Waals surface area (Å²) in [6.07, 6.45) is 3.63. The molecule has 1 atom stereocenters. The molecule has 0 radical (unpaired) electrons. The number of nitrogens with one attached hydrogen (secondary N) is 2. The monoisotopic (exact) mass is 380 g/mol. The van der Waals surface area contributed by atoms with Crippen LogP contribution in [0.15, 0.2) is 22.5 Å². The summed E-state index contributed by atoms with van der Waals surface area (Å²) in [4.78, 5) is 19.2. The summed E-state index contributed by atoms with van der Waals surface area (Å²) in [7, 11) is 3.49. The smallest absolute Gasteiger partial charge is 0.243 e. The molecule has 1 saturated heterocycles. The third-order valence-electron chi connectivity index (χ3n) is 4.53. The molecule has 2 rings (SSSR count). The highest BCUT2D eigenvalue weighted by Crippen LogP contribution is 2.26. The first kappa shape index (κ1) is 20.7. The zero-order valence-electron chi connectivity index (χ0n) is 16.4. The Morgan fingerprint density at radius 1 is 1.38 bits per heavy atom. The first-order chi connectivity index (χ1) is 12.4. The number of carbonyl (C=O) groups excluding carboxylic acids is 1. The van der Waals surface area contributed by atoms with Gasteiger partial charge in [-0.15, -0.1) is 11.3 Å². The lowest BCUT2D eigenvalue weighted by Crippen LogP contribution is -2.46. The lowest BCUT2D eigenvalue weighted by Gasteiger charge is -2.27. The zero-order valence-corrected chi connectivity index (χ0v) is 17.2. The van der Waals surface area contributed by atoms with Crippen LogP contribution >= 0.6 is 11.3 Å². The molecule has 1 amide bonds. The van der Waals surface area contributed by atoms with Gasteiger partial charge < -0.3 is 20.3 Å². The Morgan fingerprint density at radius 2 is 2.19 bits per heavy atom. The third kappa shape index (κ3) is 6.61. The summed E-state index contributed by atoms with van der Waals surface area (Å²) >= 11 is 1.76. The maximum absolute atomic E-state index is 11.9. The van der Waals surface area contributed by atoms with E-state index < -0.39 is 0 Å². The first-order valence-electron chi connectivity index (χ1n) is 9.26. The number of ether oxygens (including phenoxy) is 1. The fourth-order valence-corrected chi connectivity index (χ4v) is 3.55. The predicted molar refractivity (Wildman–Crippen MR) is 108 cm³/mol. The molecule has 0 bridgehead atoms. The highest BCUT2D eigenvalue weighted by molar-refractivity contribution is 7.10. The number of rotatable bonds is 7. The molecule has 0 spiro atoms. The number of hydrogen-bond acceptors (Lipinski definition) is 4. The van der Waals surface area contributed by atoms with E-state index >= 15 is 0 Å². The molecule has 146 valence electrons. The standard InChI is InChI=1S/C19H32N4O2S/c1-19(2,16-9-7-11-26-16)14-22-18(21-13-17(24)23(3)4)20-12-15-8-5-6-10-25-15/h7,9,11,15H,5-6,8,10,12-14H2,1-4H3,(H2,20,21,22). The van der Waals surface area contributed by atoms with E-state index in [9.17, 15) is 4.79 Å². The van der Waals surface area contributed by atoms with Crippen molar-refractivity contribution < 1.29 is 9.53 Å². The number of guanidine groups is 1. The summed E-state index contributed by atoms with van der Waals surface area (Å²) in [6.45, 7) is 6.82. The Bertz CT molecular complexity index is 578. The Hall–Kier alpha value is -1.60. The van der Waals surface area contributed by atoms with Crippen molar-refractivity contribution in [2.75, 3.05) is 40.3 Å². The number of hydrogen-bond donors (Lipinski definition) is 2. The Balaban J connectivity index is 1.94. The van der Waals surface area contributed by atoms with Crippen LogP contribution in [0.1, 0.15) is 38.0 Å². The Kier molecular flexibility index (Phi) is 7.90. The van der Waals surface area contributed by atoms with Gasteiger partial charge in [0.2, 0.25) is 5.91 Å². The van der Waals surface area contributed by atoms with Gasteiger partial charge in [-0.2, -0.15) is 0 Å². The first-order valence-corrected chi connectivity index (χ1v) is 10.1. The van der Waals surface area contributed by atoms with Crippen molar-refractivity contribution in [1.29, 1.82) is 0 Å². The molecule has 1 aromatic rings. The van der Waals surface area contributed by atoms with Gasteiger partial charge in [0.15, 0.2) is 5.96 Å². The number of thiophene rings is 1. The van der Waals surface area contributed by atoms with Gasteiger partial charge in [0, 0.05) is 44.1 Å². The molecule has 1 fully saturated rings. The SMILES string of the molecule is CN(C)C(=O)CN=C(NCC1CCCCO1)NCC(C)(C)c1cccs1. The Labute approximate surface area is 161 Å². The van der Waals surface area contributed by atoms with E-state index in [1.54, 1.807) is 30.3 Å². The molecule has 1 unspecified atom stereocenters. The van der Waals surface area contributed by atoms with Crippen molar-refractivity contribution in [3.8, 4) is 0 Å². The molecule has 6 nitrogen and oxygen atoms in total.